The van der Waals surface area contributed by atoms with E-state index < -0.39 is 0 Å². The molecule has 0 spiro atoms. The van der Waals surface area contributed by atoms with Crippen molar-refractivity contribution in [2.45, 2.75) is 24.8 Å². The molecule has 0 bridgehead atoms. The summed E-state index contributed by atoms with van der Waals surface area (Å²) < 4.78 is 0. The molecule has 1 aliphatic carbocycles. The zero-order valence-corrected chi connectivity index (χ0v) is 13.2. The van der Waals surface area contributed by atoms with E-state index in [1.165, 1.54) is 34.0 Å². The molecule has 2 nitrogen and oxygen atoms in total. The van der Waals surface area contributed by atoms with Gasteiger partial charge in [-0.2, -0.15) is 0 Å². The van der Waals surface area contributed by atoms with Gasteiger partial charge in [0.15, 0.2) is 0 Å². The van der Waals surface area contributed by atoms with Crippen molar-refractivity contribution in [3.8, 4) is 0 Å². The normalized spacial score (nSPS) is 21.2. The van der Waals surface area contributed by atoms with Crippen LogP contribution in [0.4, 0.5) is 0 Å². The standard InChI is InChI=1S/C20H22N2/c1-22(2)15-11-14-7-3-4-8-16(14)18(12-15)19-13-21-20-10-6-5-9-17(19)20/h3-10,13,15,18,21H,11-12H2,1-2H3. The molecule has 1 N–H and O–H groups in total. The summed E-state index contributed by atoms with van der Waals surface area (Å²) in [6, 6.07) is 18.2. The van der Waals surface area contributed by atoms with E-state index in [0.717, 1.165) is 6.42 Å². The van der Waals surface area contributed by atoms with Crippen molar-refractivity contribution in [1.82, 2.24) is 9.88 Å². The first-order chi connectivity index (χ1) is 10.7. The van der Waals surface area contributed by atoms with Gasteiger partial charge in [0.2, 0.25) is 0 Å². The monoisotopic (exact) mass is 290 g/mol. The van der Waals surface area contributed by atoms with Crippen LogP contribution >= 0.6 is 0 Å². The van der Waals surface area contributed by atoms with Gasteiger partial charge >= 0.3 is 0 Å². The first kappa shape index (κ1) is 13.6. The fourth-order valence-corrected chi connectivity index (χ4v) is 3.87. The van der Waals surface area contributed by atoms with Gasteiger partial charge in [-0.15, -0.1) is 0 Å². The average molecular weight is 290 g/mol. The Balaban J connectivity index is 1.86. The molecule has 2 atom stereocenters. The van der Waals surface area contributed by atoms with Gasteiger partial charge < -0.3 is 9.88 Å². The SMILES string of the molecule is CN(C)C1Cc2ccccc2C(c2c[nH]c3ccccc23)C1. The highest BCUT2D eigenvalue weighted by molar-refractivity contribution is 5.84. The Bertz CT molecular complexity index is 800. The topological polar surface area (TPSA) is 19.0 Å². The highest BCUT2D eigenvalue weighted by atomic mass is 15.1. The Morgan fingerprint density at radius 2 is 1.73 bits per heavy atom. The van der Waals surface area contributed by atoms with E-state index in [4.69, 9.17) is 0 Å². The van der Waals surface area contributed by atoms with Gasteiger partial charge in [-0.1, -0.05) is 42.5 Å². The van der Waals surface area contributed by atoms with E-state index in [-0.39, 0.29) is 0 Å². The molecule has 0 aliphatic heterocycles. The van der Waals surface area contributed by atoms with Gasteiger partial charge in [0.25, 0.3) is 0 Å². The molecule has 0 fully saturated rings. The molecule has 1 aromatic heterocycles. The lowest BCUT2D eigenvalue weighted by Gasteiger charge is -2.35. The molecule has 112 valence electrons. The van der Waals surface area contributed by atoms with Crippen LogP contribution in [0.2, 0.25) is 0 Å². The van der Waals surface area contributed by atoms with Crippen molar-refractivity contribution in [2.75, 3.05) is 14.1 Å². The van der Waals surface area contributed by atoms with Crippen molar-refractivity contribution < 1.29 is 0 Å². The average Bonchev–Trinajstić information content (AvgIpc) is 2.97. The minimum absolute atomic E-state index is 0.480. The molecule has 4 rings (SSSR count). The van der Waals surface area contributed by atoms with E-state index in [1.54, 1.807) is 0 Å². The van der Waals surface area contributed by atoms with E-state index >= 15 is 0 Å². The molecule has 0 saturated carbocycles. The van der Waals surface area contributed by atoms with Crippen molar-refractivity contribution in [2.24, 2.45) is 0 Å². The van der Waals surface area contributed by atoms with Gasteiger partial charge in [-0.3, -0.25) is 0 Å². The summed E-state index contributed by atoms with van der Waals surface area (Å²) >= 11 is 0. The summed E-state index contributed by atoms with van der Waals surface area (Å²) in [6.07, 6.45) is 4.55. The molecule has 2 aromatic carbocycles. The number of benzene rings is 2. The minimum atomic E-state index is 0.480. The summed E-state index contributed by atoms with van der Waals surface area (Å²) in [5.74, 6) is 0.480. The van der Waals surface area contributed by atoms with Crippen LogP contribution in [0.5, 0.6) is 0 Å². The zero-order chi connectivity index (χ0) is 15.1. The fraction of sp³-hybridized carbons (Fsp3) is 0.300. The highest BCUT2D eigenvalue weighted by Crippen LogP contribution is 2.40. The summed E-state index contributed by atoms with van der Waals surface area (Å²) in [4.78, 5) is 5.82. The third kappa shape index (κ3) is 2.15. The molecule has 1 aliphatic rings. The number of nitrogens with zero attached hydrogens (tertiary/aromatic N) is 1. The van der Waals surface area contributed by atoms with Crippen molar-refractivity contribution >= 4 is 10.9 Å². The third-order valence-electron chi connectivity index (χ3n) is 5.12. The van der Waals surface area contributed by atoms with E-state index in [1.807, 2.05) is 0 Å². The summed E-state index contributed by atoms with van der Waals surface area (Å²) in [7, 11) is 4.40. The van der Waals surface area contributed by atoms with Crippen LogP contribution in [0.25, 0.3) is 10.9 Å². The number of fused-ring (bicyclic) bond motifs is 2. The van der Waals surface area contributed by atoms with Gasteiger partial charge in [0.05, 0.1) is 0 Å². The third-order valence-corrected chi connectivity index (χ3v) is 5.12. The Hall–Kier alpha value is -2.06. The van der Waals surface area contributed by atoms with E-state index in [2.05, 4.69) is 78.7 Å². The predicted octanol–water partition coefficient (Wildman–Crippen LogP) is 4.18. The number of nitrogens with one attached hydrogen (secondary N) is 1. The lowest BCUT2D eigenvalue weighted by molar-refractivity contribution is 0.259. The molecule has 2 heteroatoms. The minimum Gasteiger partial charge on any atom is -0.361 e. The number of hydrogen-bond donors (Lipinski definition) is 1. The second kappa shape index (κ2) is 5.29. The lowest BCUT2D eigenvalue weighted by Crippen LogP contribution is -2.35. The van der Waals surface area contributed by atoms with Gasteiger partial charge in [0, 0.05) is 29.1 Å². The van der Waals surface area contributed by atoms with E-state index in [9.17, 15) is 0 Å². The fourth-order valence-electron chi connectivity index (χ4n) is 3.87. The second-order valence-electron chi connectivity index (χ2n) is 6.60. The molecule has 0 amide bonds. The van der Waals surface area contributed by atoms with Gasteiger partial charge in [-0.25, -0.2) is 0 Å². The number of rotatable bonds is 2. The number of para-hydroxylation sites is 1. The maximum atomic E-state index is 3.45. The summed E-state index contributed by atoms with van der Waals surface area (Å²) in [5.41, 5.74) is 5.68. The number of hydrogen-bond acceptors (Lipinski definition) is 1. The molecule has 3 aromatic rings. The van der Waals surface area contributed by atoms with Crippen LogP contribution in [0.15, 0.2) is 54.7 Å². The predicted molar refractivity (Wildman–Crippen MR) is 92.4 cm³/mol. The first-order valence-corrected chi connectivity index (χ1v) is 8.04. The number of aromatic nitrogens is 1. The lowest BCUT2D eigenvalue weighted by atomic mass is 9.76. The summed E-state index contributed by atoms with van der Waals surface area (Å²) in [6.45, 7) is 0. The molecule has 0 radical (unpaired) electrons. The smallest absolute Gasteiger partial charge is 0.0457 e. The molecule has 2 unspecified atom stereocenters. The van der Waals surface area contributed by atoms with Crippen molar-refractivity contribution in [3.05, 3.63) is 71.4 Å². The maximum absolute atomic E-state index is 3.45. The van der Waals surface area contributed by atoms with Crippen LogP contribution in [-0.4, -0.2) is 30.0 Å². The highest BCUT2D eigenvalue weighted by Gasteiger charge is 2.30. The van der Waals surface area contributed by atoms with Gasteiger partial charge in [0.1, 0.15) is 0 Å². The number of aromatic amines is 1. The second-order valence-corrected chi connectivity index (χ2v) is 6.60. The Morgan fingerprint density at radius 1 is 0.955 bits per heavy atom. The van der Waals surface area contributed by atoms with Crippen LogP contribution in [-0.2, 0) is 6.42 Å². The summed E-state index contributed by atoms with van der Waals surface area (Å²) in [5, 5.41) is 1.36. The molecule has 0 saturated heterocycles. The molecular formula is C20H22N2. The first-order valence-electron chi connectivity index (χ1n) is 8.04. The number of likely N-dealkylation sites (N-methyl/N-ethyl adjacent to an activating group) is 1. The quantitative estimate of drug-likeness (QED) is 0.750. The largest absolute Gasteiger partial charge is 0.361 e. The Labute approximate surface area is 131 Å². The van der Waals surface area contributed by atoms with Crippen LogP contribution < -0.4 is 0 Å². The molecule has 22 heavy (non-hydrogen) atoms. The van der Waals surface area contributed by atoms with Crippen molar-refractivity contribution in [3.63, 3.8) is 0 Å². The Kier molecular flexibility index (Phi) is 3.27. The zero-order valence-electron chi connectivity index (χ0n) is 13.2. The van der Waals surface area contributed by atoms with Crippen LogP contribution in [0.1, 0.15) is 29.0 Å². The van der Waals surface area contributed by atoms with Gasteiger partial charge in [-0.05, 0) is 49.7 Å². The maximum Gasteiger partial charge on any atom is 0.0457 e. The van der Waals surface area contributed by atoms with Crippen molar-refractivity contribution in [1.29, 1.82) is 0 Å². The van der Waals surface area contributed by atoms with E-state index in [0.29, 0.717) is 12.0 Å². The molecule has 1 heterocycles. The number of H-pyrrole nitrogens is 1. The molecular weight excluding hydrogens is 268 g/mol. The van der Waals surface area contributed by atoms with Crippen LogP contribution in [0, 0.1) is 0 Å². The Morgan fingerprint density at radius 3 is 2.59 bits per heavy atom. The van der Waals surface area contributed by atoms with Crippen LogP contribution in [0.3, 0.4) is 0 Å².